The molecule has 1 aliphatic carbocycles. The molecule has 3 rings (SSSR count). The highest BCUT2D eigenvalue weighted by atomic mass is 35.5. The molecule has 0 spiro atoms. The molecule has 2 amide bonds. The van der Waals surface area contributed by atoms with E-state index in [0.717, 1.165) is 36.4 Å². The Morgan fingerprint density at radius 3 is 2.52 bits per heavy atom. The van der Waals surface area contributed by atoms with Crippen molar-refractivity contribution in [3.63, 3.8) is 0 Å². The molecule has 2 aromatic rings. The molecule has 8 heteroatoms. The maximum atomic E-state index is 13.3. The van der Waals surface area contributed by atoms with E-state index in [2.05, 4.69) is 14.9 Å². The van der Waals surface area contributed by atoms with Crippen molar-refractivity contribution >= 4 is 34.9 Å². The standard InChI is InChI=1S/C19H23ClN4O2S/c1-4-19(2,3)21-17(25)16(12-5-7-13(20)8-6-12)24(14-9-10-14)18(26)15-11-27-23-22-15/h5-8,11,14,16H,4,9-10H2,1-3H3,(H,21,25)/t16-/m1/s1. The molecular formula is C19H23ClN4O2S. The number of nitrogens with zero attached hydrogens (tertiary/aromatic N) is 3. The fourth-order valence-corrected chi connectivity index (χ4v) is 3.37. The van der Waals surface area contributed by atoms with E-state index in [9.17, 15) is 9.59 Å². The van der Waals surface area contributed by atoms with Crippen molar-refractivity contribution in [3.05, 3.63) is 45.9 Å². The Balaban J connectivity index is 2.00. The van der Waals surface area contributed by atoms with Gasteiger partial charge in [-0.3, -0.25) is 9.59 Å². The van der Waals surface area contributed by atoms with E-state index in [1.807, 2.05) is 20.8 Å². The average molecular weight is 407 g/mol. The Bertz CT molecular complexity index is 804. The zero-order chi connectivity index (χ0) is 19.6. The SMILES string of the molecule is CCC(C)(C)NC(=O)[C@@H](c1ccc(Cl)cc1)N(C(=O)c1csnn1)C1CC1. The molecular weight excluding hydrogens is 384 g/mol. The summed E-state index contributed by atoms with van der Waals surface area (Å²) >= 11 is 7.15. The van der Waals surface area contributed by atoms with Crippen molar-refractivity contribution in [2.24, 2.45) is 0 Å². The van der Waals surface area contributed by atoms with Gasteiger partial charge in [0.05, 0.1) is 0 Å². The van der Waals surface area contributed by atoms with Crippen LogP contribution in [-0.4, -0.2) is 37.9 Å². The van der Waals surface area contributed by atoms with Crippen LogP contribution in [0.2, 0.25) is 5.02 Å². The topological polar surface area (TPSA) is 75.2 Å². The lowest BCUT2D eigenvalue weighted by atomic mass is 9.98. The van der Waals surface area contributed by atoms with Gasteiger partial charge in [0.15, 0.2) is 5.69 Å². The maximum Gasteiger partial charge on any atom is 0.276 e. The van der Waals surface area contributed by atoms with Gasteiger partial charge in [-0.1, -0.05) is 35.1 Å². The quantitative estimate of drug-likeness (QED) is 0.757. The summed E-state index contributed by atoms with van der Waals surface area (Å²) in [5.74, 6) is -0.469. The van der Waals surface area contributed by atoms with E-state index >= 15 is 0 Å². The second kappa shape index (κ2) is 7.94. The van der Waals surface area contributed by atoms with Gasteiger partial charge in [-0.05, 0) is 62.3 Å². The van der Waals surface area contributed by atoms with Crippen molar-refractivity contribution < 1.29 is 9.59 Å². The number of carbonyl (C=O) groups is 2. The van der Waals surface area contributed by atoms with Crippen molar-refractivity contribution in [1.82, 2.24) is 19.8 Å². The predicted molar refractivity (Wildman–Crippen MR) is 106 cm³/mol. The predicted octanol–water partition coefficient (Wildman–Crippen LogP) is 3.84. The van der Waals surface area contributed by atoms with Crippen LogP contribution in [0.1, 0.15) is 62.1 Å². The Morgan fingerprint density at radius 2 is 2.00 bits per heavy atom. The summed E-state index contributed by atoms with van der Waals surface area (Å²) in [5, 5.41) is 9.19. The van der Waals surface area contributed by atoms with E-state index in [1.165, 1.54) is 0 Å². The lowest BCUT2D eigenvalue weighted by Gasteiger charge is -2.34. The molecule has 0 unspecified atom stereocenters. The zero-order valence-electron chi connectivity index (χ0n) is 15.6. The number of rotatable bonds is 7. The highest BCUT2D eigenvalue weighted by molar-refractivity contribution is 7.03. The van der Waals surface area contributed by atoms with Gasteiger partial charge >= 0.3 is 0 Å². The minimum Gasteiger partial charge on any atom is -0.349 e. The molecule has 1 aliphatic rings. The Labute approximate surface area is 168 Å². The van der Waals surface area contributed by atoms with E-state index in [-0.39, 0.29) is 29.1 Å². The molecule has 0 aliphatic heterocycles. The van der Waals surface area contributed by atoms with Gasteiger partial charge in [0.2, 0.25) is 5.91 Å². The highest BCUT2D eigenvalue weighted by Crippen LogP contribution is 2.36. The first-order chi connectivity index (χ1) is 12.8. The molecule has 1 atom stereocenters. The summed E-state index contributed by atoms with van der Waals surface area (Å²) in [7, 11) is 0. The van der Waals surface area contributed by atoms with E-state index in [0.29, 0.717) is 5.02 Å². The van der Waals surface area contributed by atoms with Gasteiger partial charge in [0, 0.05) is 22.0 Å². The molecule has 1 fully saturated rings. The van der Waals surface area contributed by atoms with Crippen molar-refractivity contribution in [3.8, 4) is 0 Å². The molecule has 1 heterocycles. The Hall–Kier alpha value is -1.99. The molecule has 144 valence electrons. The molecule has 0 bridgehead atoms. The van der Waals surface area contributed by atoms with Gasteiger partial charge in [0.25, 0.3) is 5.91 Å². The largest absolute Gasteiger partial charge is 0.349 e. The average Bonchev–Trinajstić information content (AvgIpc) is 3.31. The second-order valence-corrected chi connectivity index (χ2v) is 8.46. The molecule has 1 N–H and O–H groups in total. The van der Waals surface area contributed by atoms with Crippen molar-refractivity contribution in [2.75, 3.05) is 0 Å². The summed E-state index contributed by atoms with van der Waals surface area (Å²) in [6.45, 7) is 5.96. The smallest absolute Gasteiger partial charge is 0.276 e. The molecule has 0 saturated heterocycles. The van der Waals surface area contributed by atoms with Crippen LogP contribution < -0.4 is 5.32 Å². The molecule has 1 aromatic carbocycles. The number of benzene rings is 1. The van der Waals surface area contributed by atoms with Gasteiger partial charge in [-0.15, -0.1) is 5.10 Å². The molecule has 1 saturated carbocycles. The monoisotopic (exact) mass is 406 g/mol. The second-order valence-electron chi connectivity index (χ2n) is 7.41. The fraction of sp³-hybridized carbons (Fsp3) is 0.474. The Morgan fingerprint density at radius 1 is 1.33 bits per heavy atom. The normalized spacial score (nSPS) is 15.3. The van der Waals surface area contributed by atoms with Gasteiger partial charge in [-0.2, -0.15) is 0 Å². The summed E-state index contributed by atoms with van der Waals surface area (Å²) < 4.78 is 3.79. The third-order valence-corrected chi connectivity index (χ3v) is 5.57. The number of carbonyl (C=O) groups excluding carboxylic acids is 2. The van der Waals surface area contributed by atoms with Gasteiger partial charge in [-0.25, -0.2) is 0 Å². The first kappa shape index (κ1) is 19.8. The van der Waals surface area contributed by atoms with Crippen LogP contribution in [0.15, 0.2) is 29.6 Å². The van der Waals surface area contributed by atoms with Crippen LogP contribution in [0.25, 0.3) is 0 Å². The summed E-state index contributed by atoms with van der Waals surface area (Å²) in [6, 6.07) is 6.36. The van der Waals surface area contributed by atoms with Crippen LogP contribution >= 0.6 is 23.1 Å². The summed E-state index contributed by atoms with van der Waals surface area (Å²) in [5.41, 5.74) is 0.628. The summed E-state index contributed by atoms with van der Waals surface area (Å²) in [4.78, 5) is 28.1. The molecule has 27 heavy (non-hydrogen) atoms. The lowest BCUT2D eigenvalue weighted by molar-refractivity contribution is -0.127. The molecule has 1 aromatic heterocycles. The first-order valence-electron chi connectivity index (χ1n) is 8.99. The van der Waals surface area contributed by atoms with Crippen LogP contribution in [0.3, 0.4) is 0 Å². The lowest BCUT2D eigenvalue weighted by Crippen LogP contribution is -2.51. The number of amides is 2. The van der Waals surface area contributed by atoms with Crippen LogP contribution in [0.4, 0.5) is 0 Å². The van der Waals surface area contributed by atoms with Crippen molar-refractivity contribution in [2.45, 2.75) is 57.7 Å². The molecule has 6 nitrogen and oxygen atoms in total. The minimum atomic E-state index is -0.741. The van der Waals surface area contributed by atoms with Crippen LogP contribution in [-0.2, 0) is 4.79 Å². The van der Waals surface area contributed by atoms with Gasteiger partial charge in [0.1, 0.15) is 6.04 Å². The minimum absolute atomic E-state index is 0.0235. The Kier molecular flexibility index (Phi) is 5.81. The summed E-state index contributed by atoms with van der Waals surface area (Å²) in [6.07, 6.45) is 2.52. The number of hydrogen-bond acceptors (Lipinski definition) is 5. The fourth-order valence-electron chi connectivity index (χ4n) is 2.81. The molecule has 0 radical (unpaired) electrons. The highest BCUT2D eigenvalue weighted by Gasteiger charge is 2.43. The van der Waals surface area contributed by atoms with E-state index < -0.39 is 6.04 Å². The maximum absolute atomic E-state index is 13.3. The van der Waals surface area contributed by atoms with E-state index in [4.69, 9.17) is 11.6 Å². The number of halogens is 1. The number of aromatic nitrogens is 2. The van der Waals surface area contributed by atoms with Gasteiger partial charge < -0.3 is 10.2 Å². The number of nitrogens with one attached hydrogen (secondary N) is 1. The third-order valence-electron chi connectivity index (χ3n) is 4.81. The van der Waals surface area contributed by atoms with Crippen LogP contribution in [0, 0.1) is 0 Å². The first-order valence-corrected chi connectivity index (χ1v) is 10.2. The van der Waals surface area contributed by atoms with Crippen LogP contribution in [0.5, 0.6) is 0 Å². The number of hydrogen-bond donors (Lipinski definition) is 1. The zero-order valence-corrected chi connectivity index (χ0v) is 17.2. The van der Waals surface area contributed by atoms with E-state index in [1.54, 1.807) is 34.5 Å². The third kappa shape index (κ3) is 4.65. The van der Waals surface area contributed by atoms with Crippen molar-refractivity contribution in [1.29, 1.82) is 0 Å².